The van der Waals surface area contributed by atoms with Gasteiger partial charge in [0.05, 0.1) is 0 Å². The molecule has 0 atom stereocenters. The van der Waals surface area contributed by atoms with Crippen LogP contribution in [-0.4, -0.2) is 12.2 Å². The third kappa shape index (κ3) is 5.94. The Morgan fingerprint density at radius 3 is 2.14 bits per heavy atom. The van der Waals surface area contributed by atoms with E-state index in [1.165, 1.54) is 0 Å². The van der Waals surface area contributed by atoms with Crippen molar-refractivity contribution in [1.82, 2.24) is 0 Å². The molecule has 3 heteroatoms. The predicted molar refractivity (Wildman–Crippen MR) is 55.9 cm³/mol. The number of carbonyl (C=O) groups excluding carboxylic acids is 2. The number of rotatable bonds is 3. The number of unbranched alkanes of at least 4 members (excludes halogenated alkanes) is 1. The predicted octanol–water partition coefficient (Wildman–Crippen LogP) is 1.77. The van der Waals surface area contributed by atoms with Crippen molar-refractivity contribution >= 4 is 12.2 Å². The molecular weight excluding hydrogens is 178 g/mol. The zero-order valence-corrected chi connectivity index (χ0v) is 8.27. The highest BCUT2D eigenvalue weighted by Crippen LogP contribution is 1.94. The quantitative estimate of drug-likeness (QED) is 0.744. The van der Waals surface area contributed by atoms with E-state index >= 15 is 0 Å². The van der Waals surface area contributed by atoms with Crippen molar-refractivity contribution < 1.29 is 9.59 Å². The van der Waals surface area contributed by atoms with Gasteiger partial charge in [-0.1, -0.05) is 25.1 Å². The molecule has 1 aromatic rings. The first-order valence-corrected chi connectivity index (χ1v) is 4.50. The fraction of sp³-hybridized carbons (Fsp3) is 0.273. The molecule has 0 fully saturated rings. The van der Waals surface area contributed by atoms with Gasteiger partial charge in [0.15, 0.2) is 0 Å². The molecule has 0 saturated carbocycles. The average molecular weight is 193 g/mol. The van der Waals surface area contributed by atoms with Crippen LogP contribution in [0.5, 0.6) is 0 Å². The van der Waals surface area contributed by atoms with Gasteiger partial charge in [-0.25, -0.2) is 0 Å². The number of amides is 1. The number of hydrogen-bond donors (Lipinski definition) is 1. The zero-order valence-electron chi connectivity index (χ0n) is 8.27. The second-order valence-corrected chi connectivity index (χ2v) is 2.69. The third-order valence-electron chi connectivity index (χ3n) is 1.46. The minimum atomic E-state index is -0.379. The van der Waals surface area contributed by atoms with Crippen molar-refractivity contribution in [1.29, 1.82) is 0 Å². The number of primary amides is 1. The van der Waals surface area contributed by atoms with Crippen LogP contribution in [-0.2, 0) is 4.79 Å². The Bertz CT molecular complexity index is 270. The molecule has 14 heavy (non-hydrogen) atoms. The van der Waals surface area contributed by atoms with E-state index in [0.29, 0.717) is 12.0 Å². The van der Waals surface area contributed by atoms with Gasteiger partial charge in [-0.05, 0) is 18.6 Å². The van der Waals surface area contributed by atoms with Crippen LogP contribution < -0.4 is 5.73 Å². The van der Waals surface area contributed by atoms with Crippen LogP contribution >= 0.6 is 0 Å². The summed E-state index contributed by atoms with van der Waals surface area (Å²) >= 11 is 0. The molecule has 1 amide bonds. The van der Waals surface area contributed by atoms with Crippen LogP contribution in [0, 0.1) is 0 Å². The first-order valence-electron chi connectivity index (χ1n) is 4.50. The summed E-state index contributed by atoms with van der Waals surface area (Å²) in [7, 11) is 0. The van der Waals surface area contributed by atoms with Gasteiger partial charge in [0, 0.05) is 12.0 Å². The molecule has 0 spiro atoms. The van der Waals surface area contributed by atoms with E-state index in [9.17, 15) is 9.59 Å². The average Bonchev–Trinajstić information content (AvgIpc) is 2.21. The van der Waals surface area contributed by atoms with Crippen molar-refractivity contribution in [2.24, 2.45) is 5.73 Å². The third-order valence-corrected chi connectivity index (χ3v) is 1.46. The van der Waals surface area contributed by atoms with Crippen molar-refractivity contribution in [2.75, 3.05) is 0 Å². The van der Waals surface area contributed by atoms with Crippen LogP contribution in [0.3, 0.4) is 0 Å². The molecule has 1 aromatic carbocycles. The summed E-state index contributed by atoms with van der Waals surface area (Å²) in [4.78, 5) is 19.8. The lowest BCUT2D eigenvalue weighted by atomic mass is 10.2. The van der Waals surface area contributed by atoms with E-state index in [0.717, 1.165) is 12.7 Å². The minimum absolute atomic E-state index is 0.379. The standard InChI is InChI=1S/C7H7NO.C4H8O/c8-7(9)6-4-2-1-3-5-6;1-2-3-4-5/h1-5H,(H2,8,9);4H,2-3H2,1H3. The van der Waals surface area contributed by atoms with E-state index in [1.54, 1.807) is 24.3 Å². The summed E-state index contributed by atoms with van der Waals surface area (Å²) in [6.45, 7) is 1.98. The Morgan fingerprint density at radius 1 is 1.36 bits per heavy atom. The molecule has 0 saturated heterocycles. The van der Waals surface area contributed by atoms with Crippen LogP contribution in [0.4, 0.5) is 0 Å². The number of nitrogens with two attached hydrogens (primary N) is 1. The van der Waals surface area contributed by atoms with Gasteiger partial charge in [0.25, 0.3) is 0 Å². The van der Waals surface area contributed by atoms with Crippen LogP contribution in [0.1, 0.15) is 30.1 Å². The minimum Gasteiger partial charge on any atom is -0.366 e. The maximum absolute atomic E-state index is 10.4. The molecule has 0 aromatic heterocycles. The van der Waals surface area contributed by atoms with Gasteiger partial charge in [-0.15, -0.1) is 0 Å². The number of aldehydes is 1. The Balaban J connectivity index is 0.000000292. The fourth-order valence-corrected chi connectivity index (χ4v) is 0.720. The lowest BCUT2D eigenvalue weighted by Crippen LogP contribution is -2.09. The molecule has 0 bridgehead atoms. The summed E-state index contributed by atoms with van der Waals surface area (Å²) in [6, 6.07) is 8.76. The Hall–Kier alpha value is -1.64. The normalized spacial score (nSPS) is 8.36. The molecule has 0 aliphatic carbocycles. The maximum Gasteiger partial charge on any atom is 0.248 e. The monoisotopic (exact) mass is 193 g/mol. The number of benzene rings is 1. The van der Waals surface area contributed by atoms with Gasteiger partial charge in [-0.2, -0.15) is 0 Å². The molecule has 0 radical (unpaired) electrons. The Kier molecular flexibility index (Phi) is 7.05. The van der Waals surface area contributed by atoms with Crippen molar-refractivity contribution in [3.8, 4) is 0 Å². The summed E-state index contributed by atoms with van der Waals surface area (Å²) in [5, 5.41) is 0. The molecule has 0 heterocycles. The smallest absolute Gasteiger partial charge is 0.248 e. The lowest BCUT2D eigenvalue weighted by molar-refractivity contribution is -0.107. The van der Waals surface area contributed by atoms with E-state index in [2.05, 4.69) is 0 Å². The van der Waals surface area contributed by atoms with Crippen LogP contribution in [0.2, 0.25) is 0 Å². The van der Waals surface area contributed by atoms with E-state index in [-0.39, 0.29) is 5.91 Å². The van der Waals surface area contributed by atoms with Gasteiger partial charge < -0.3 is 10.5 Å². The zero-order chi connectivity index (χ0) is 10.8. The lowest BCUT2D eigenvalue weighted by Gasteiger charge is -1.89. The Labute approximate surface area is 83.9 Å². The van der Waals surface area contributed by atoms with E-state index in [4.69, 9.17) is 5.73 Å². The molecule has 1 rings (SSSR count). The van der Waals surface area contributed by atoms with Crippen LogP contribution in [0.15, 0.2) is 30.3 Å². The topological polar surface area (TPSA) is 60.2 Å². The first kappa shape index (κ1) is 12.4. The van der Waals surface area contributed by atoms with E-state index < -0.39 is 0 Å². The maximum atomic E-state index is 10.4. The fourth-order valence-electron chi connectivity index (χ4n) is 0.720. The van der Waals surface area contributed by atoms with Gasteiger partial charge in [0.2, 0.25) is 5.91 Å². The molecule has 0 unspecified atom stereocenters. The molecular formula is C11H15NO2. The van der Waals surface area contributed by atoms with Gasteiger partial charge in [0.1, 0.15) is 6.29 Å². The number of hydrogen-bond acceptors (Lipinski definition) is 2. The highest BCUT2D eigenvalue weighted by molar-refractivity contribution is 5.92. The summed E-state index contributed by atoms with van der Waals surface area (Å²) in [5.41, 5.74) is 5.53. The van der Waals surface area contributed by atoms with Crippen molar-refractivity contribution in [3.63, 3.8) is 0 Å². The molecule has 76 valence electrons. The highest BCUT2D eigenvalue weighted by Gasteiger charge is 1.93. The van der Waals surface area contributed by atoms with Crippen molar-refractivity contribution in [3.05, 3.63) is 35.9 Å². The highest BCUT2D eigenvalue weighted by atomic mass is 16.1. The molecule has 0 aliphatic rings. The number of carbonyl (C=O) groups is 2. The first-order chi connectivity index (χ1) is 6.72. The second kappa shape index (κ2) is 7.98. The summed E-state index contributed by atoms with van der Waals surface area (Å²) in [6.07, 6.45) is 2.61. The molecule has 0 aliphatic heterocycles. The Morgan fingerprint density at radius 2 is 1.93 bits per heavy atom. The molecule has 2 N–H and O–H groups in total. The molecule has 3 nitrogen and oxygen atoms in total. The summed E-state index contributed by atoms with van der Waals surface area (Å²) < 4.78 is 0. The SMILES string of the molecule is CCCC=O.NC(=O)c1ccccc1. The largest absolute Gasteiger partial charge is 0.366 e. The summed E-state index contributed by atoms with van der Waals surface area (Å²) in [5.74, 6) is -0.379. The van der Waals surface area contributed by atoms with Crippen LogP contribution in [0.25, 0.3) is 0 Å². The second-order valence-electron chi connectivity index (χ2n) is 2.69. The van der Waals surface area contributed by atoms with Gasteiger partial charge >= 0.3 is 0 Å². The van der Waals surface area contributed by atoms with E-state index in [1.807, 2.05) is 13.0 Å². The van der Waals surface area contributed by atoms with Crippen molar-refractivity contribution in [2.45, 2.75) is 19.8 Å². The van der Waals surface area contributed by atoms with Gasteiger partial charge in [-0.3, -0.25) is 4.79 Å².